The van der Waals surface area contributed by atoms with E-state index in [0.29, 0.717) is 0 Å². The van der Waals surface area contributed by atoms with Gasteiger partial charge in [-0.3, -0.25) is 5.10 Å². The van der Waals surface area contributed by atoms with Crippen LogP contribution in [0.15, 0.2) is 6.20 Å². The van der Waals surface area contributed by atoms with Crippen LogP contribution < -0.4 is 5.32 Å². The Kier molecular flexibility index (Phi) is 2.91. The minimum absolute atomic E-state index is 0.112. The van der Waals surface area contributed by atoms with Crippen LogP contribution in [0.25, 0.3) is 0 Å². The van der Waals surface area contributed by atoms with Gasteiger partial charge < -0.3 is 10.2 Å². The molecule has 2 amide bonds. The van der Waals surface area contributed by atoms with E-state index in [1.54, 1.807) is 6.20 Å². The van der Waals surface area contributed by atoms with E-state index in [2.05, 4.69) is 15.5 Å². The second-order valence-electron chi connectivity index (χ2n) is 5.23. The number of urea groups is 1. The summed E-state index contributed by atoms with van der Waals surface area (Å²) in [7, 11) is 0. The quantitative estimate of drug-likeness (QED) is 0.818. The molecule has 1 saturated heterocycles. The van der Waals surface area contributed by atoms with Crippen molar-refractivity contribution in [3.8, 4) is 0 Å². The largest absolute Gasteiger partial charge is 0.330 e. The van der Waals surface area contributed by atoms with E-state index in [1.807, 2.05) is 0 Å². The molecule has 1 aromatic heterocycles. The molecule has 0 saturated carbocycles. The second-order valence-corrected chi connectivity index (χ2v) is 5.23. The third-order valence-corrected chi connectivity index (χ3v) is 3.79. The summed E-state index contributed by atoms with van der Waals surface area (Å²) in [6, 6.07) is -0.558. The zero-order valence-corrected chi connectivity index (χ0v) is 10.5. The number of aromatic amines is 1. The van der Waals surface area contributed by atoms with Gasteiger partial charge in [0.15, 0.2) is 0 Å². The van der Waals surface area contributed by atoms with Gasteiger partial charge in [-0.05, 0) is 24.8 Å². The highest BCUT2D eigenvalue weighted by Gasteiger charge is 2.40. The Labute approximate surface area is 109 Å². The van der Waals surface area contributed by atoms with E-state index in [0.717, 1.165) is 30.5 Å². The number of carbonyl (C=O) groups excluding carboxylic acids is 1. The number of carbonyl (C=O) groups is 1. The van der Waals surface area contributed by atoms with Gasteiger partial charge in [0, 0.05) is 13.0 Å². The fourth-order valence-corrected chi connectivity index (χ4v) is 2.76. The highest BCUT2D eigenvalue weighted by atomic mass is 19.3. The monoisotopic (exact) mass is 270 g/mol. The van der Waals surface area contributed by atoms with Crippen LogP contribution in [0.2, 0.25) is 0 Å². The van der Waals surface area contributed by atoms with E-state index in [1.165, 1.54) is 4.90 Å². The number of H-pyrrole nitrogens is 1. The molecule has 104 valence electrons. The van der Waals surface area contributed by atoms with Gasteiger partial charge in [-0.15, -0.1) is 0 Å². The Morgan fingerprint density at radius 3 is 3.16 bits per heavy atom. The summed E-state index contributed by atoms with van der Waals surface area (Å²) in [5.74, 6) is -2.75. The molecule has 0 radical (unpaired) electrons. The molecule has 7 heteroatoms. The number of aromatic nitrogens is 2. The summed E-state index contributed by atoms with van der Waals surface area (Å²) in [5, 5.41) is 9.68. The van der Waals surface area contributed by atoms with Crippen molar-refractivity contribution in [3.05, 3.63) is 17.5 Å². The molecule has 0 spiro atoms. The summed E-state index contributed by atoms with van der Waals surface area (Å²) in [5.41, 5.74) is 2.01. The van der Waals surface area contributed by atoms with Gasteiger partial charge in [0.05, 0.1) is 24.5 Å². The standard InChI is InChI=1S/C12H16F2N4O/c13-12(14)4-5-18(7-12)11(19)16-9-3-1-2-8-6-15-17-10(8)9/h6,9H,1-5,7H2,(H,15,17)(H,16,19). The molecule has 19 heavy (non-hydrogen) atoms. The fourth-order valence-electron chi connectivity index (χ4n) is 2.76. The van der Waals surface area contributed by atoms with Crippen LogP contribution >= 0.6 is 0 Å². The van der Waals surface area contributed by atoms with Crippen LogP contribution in [0, 0.1) is 0 Å². The van der Waals surface area contributed by atoms with Crippen LogP contribution in [-0.4, -0.2) is 40.1 Å². The van der Waals surface area contributed by atoms with Crippen molar-refractivity contribution in [2.45, 2.75) is 37.6 Å². The first-order chi connectivity index (χ1) is 9.05. The summed E-state index contributed by atoms with van der Waals surface area (Å²) in [6.07, 6.45) is 4.23. The predicted octanol–water partition coefficient (Wildman–Crippen LogP) is 1.84. The van der Waals surface area contributed by atoms with Crippen LogP contribution in [0.4, 0.5) is 13.6 Å². The number of alkyl halides is 2. The van der Waals surface area contributed by atoms with Crippen LogP contribution in [0.1, 0.15) is 36.6 Å². The third-order valence-electron chi connectivity index (χ3n) is 3.79. The molecule has 1 unspecified atom stereocenters. The average molecular weight is 270 g/mol. The molecule has 1 atom stereocenters. The Morgan fingerprint density at radius 1 is 1.58 bits per heavy atom. The number of hydrogen-bond acceptors (Lipinski definition) is 2. The van der Waals surface area contributed by atoms with Crippen LogP contribution in [0.5, 0.6) is 0 Å². The Bertz CT molecular complexity index is 488. The highest BCUT2D eigenvalue weighted by molar-refractivity contribution is 5.75. The number of aryl methyl sites for hydroxylation is 1. The maximum absolute atomic E-state index is 13.1. The van der Waals surface area contributed by atoms with Crippen LogP contribution in [0.3, 0.4) is 0 Å². The van der Waals surface area contributed by atoms with Crippen molar-refractivity contribution in [2.24, 2.45) is 0 Å². The Morgan fingerprint density at radius 2 is 2.42 bits per heavy atom. The van der Waals surface area contributed by atoms with Gasteiger partial charge >= 0.3 is 6.03 Å². The predicted molar refractivity (Wildman–Crippen MR) is 63.9 cm³/mol. The van der Waals surface area contributed by atoms with Crippen molar-refractivity contribution in [2.75, 3.05) is 13.1 Å². The smallest absolute Gasteiger partial charge is 0.318 e. The van der Waals surface area contributed by atoms with Gasteiger partial charge in [0.25, 0.3) is 5.92 Å². The molecular weight excluding hydrogens is 254 g/mol. The minimum Gasteiger partial charge on any atom is -0.330 e. The summed E-state index contributed by atoms with van der Waals surface area (Å²) in [6.45, 7) is -0.372. The molecule has 1 fully saturated rings. The number of nitrogens with one attached hydrogen (secondary N) is 2. The fraction of sp³-hybridized carbons (Fsp3) is 0.667. The van der Waals surface area contributed by atoms with E-state index >= 15 is 0 Å². The molecular formula is C12H16F2N4O. The van der Waals surface area contributed by atoms with Crippen molar-refractivity contribution in [1.29, 1.82) is 0 Å². The third kappa shape index (κ3) is 2.41. The number of halogens is 2. The first-order valence-corrected chi connectivity index (χ1v) is 6.50. The van der Waals surface area contributed by atoms with Crippen molar-refractivity contribution < 1.29 is 13.6 Å². The molecule has 2 aliphatic rings. The highest BCUT2D eigenvalue weighted by Crippen LogP contribution is 2.30. The van der Waals surface area contributed by atoms with E-state index in [4.69, 9.17) is 0 Å². The molecule has 5 nitrogen and oxygen atoms in total. The van der Waals surface area contributed by atoms with Gasteiger partial charge in [-0.1, -0.05) is 0 Å². The lowest BCUT2D eigenvalue weighted by Crippen LogP contribution is -2.42. The molecule has 0 bridgehead atoms. The van der Waals surface area contributed by atoms with Gasteiger partial charge in [-0.2, -0.15) is 5.10 Å². The molecule has 2 heterocycles. The summed E-state index contributed by atoms with van der Waals surface area (Å²) < 4.78 is 26.2. The zero-order valence-electron chi connectivity index (χ0n) is 10.5. The minimum atomic E-state index is -2.75. The first kappa shape index (κ1) is 12.4. The number of likely N-dealkylation sites (tertiary alicyclic amines) is 1. The maximum Gasteiger partial charge on any atom is 0.318 e. The number of hydrogen-bond donors (Lipinski definition) is 2. The van der Waals surface area contributed by atoms with Gasteiger partial charge in [-0.25, -0.2) is 13.6 Å². The Balaban J connectivity index is 1.65. The number of nitrogens with zero attached hydrogens (tertiary/aromatic N) is 2. The summed E-state index contributed by atoms with van der Waals surface area (Å²) in [4.78, 5) is 13.2. The molecule has 0 aromatic carbocycles. The van der Waals surface area contributed by atoms with E-state index < -0.39 is 18.5 Å². The maximum atomic E-state index is 13.1. The summed E-state index contributed by atoms with van der Waals surface area (Å²) >= 11 is 0. The van der Waals surface area contributed by atoms with E-state index in [-0.39, 0.29) is 19.0 Å². The van der Waals surface area contributed by atoms with Gasteiger partial charge in [0.2, 0.25) is 0 Å². The average Bonchev–Trinajstić information content (AvgIpc) is 2.95. The number of fused-ring (bicyclic) bond motifs is 1. The lowest BCUT2D eigenvalue weighted by Gasteiger charge is -2.25. The second kappa shape index (κ2) is 4.47. The SMILES string of the molecule is O=C(NC1CCCc2cn[nH]c21)N1CCC(F)(F)C1. The Hall–Kier alpha value is -1.66. The van der Waals surface area contributed by atoms with Crippen molar-refractivity contribution in [1.82, 2.24) is 20.4 Å². The molecule has 3 rings (SSSR count). The van der Waals surface area contributed by atoms with E-state index in [9.17, 15) is 13.6 Å². The molecule has 1 aliphatic carbocycles. The lowest BCUT2D eigenvalue weighted by atomic mass is 9.94. The zero-order chi connectivity index (χ0) is 13.5. The first-order valence-electron chi connectivity index (χ1n) is 6.50. The molecule has 2 N–H and O–H groups in total. The molecule has 1 aromatic rings. The van der Waals surface area contributed by atoms with Gasteiger partial charge in [0.1, 0.15) is 0 Å². The van der Waals surface area contributed by atoms with Crippen molar-refractivity contribution in [3.63, 3.8) is 0 Å². The normalized spacial score (nSPS) is 25.2. The van der Waals surface area contributed by atoms with Crippen LogP contribution in [-0.2, 0) is 6.42 Å². The molecule has 1 aliphatic heterocycles. The number of rotatable bonds is 1. The lowest BCUT2D eigenvalue weighted by molar-refractivity contribution is 0.0152. The number of amides is 2. The van der Waals surface area contributed by atoms with Crippen molar-refractivity contribution >= 4 is 6.03 Å². The topological polar surface area (TPSA) is 61.0 Å².